The molecule has 0 aliphatic heterocycles. The molecule has 0 amide bonds. The Kier molecular flexibility index (Phi) is 4.22. The average Bonchev–Trinajstić information content (AvgIpc) is 3.06. The fourth-order valence-corrected chi connectivity index (χ4v) is 4.75. The van der Waals surface area contributed by atoms with Crippen LogP contribution in [-0.2, 0) is 10.0 Å². The second-order valence-corrected chi connectivity index (χ2v) is 8.66. The van der Waals surface area contributed by atoms with Crippen molar-refractivity contribution in [2.45, 2.75) is 11.8 Å². The number of hydrogen-bond acceptors (Lipinski definition) is 4. The molecule has 0 saturated carbocycles. The molecule has 130 valence electrons. The minimum Gasteiger partial charge on any atom is -0.279 e. The normalized spacial score (nSPS) is 11.6. The molecule has 26 heavy (non-hydrogen) atoms. The van der Waals surface area contributed by atoms with E-state index in [9.17, 15) is 8.42 Å². The van der Waals surface area contributed by atoms with Crippen molar-refractivity contribution < 1.29 is 8.42 Å². The first-order valence-electron chi connectivity index (χ1n) is 8.07. The maximum atomic E-state index is 12.7. The summed E-state index contributed by atoms with van der Waals surface area (Å²) in [5.74, 6) is 0. The van der Waals surface area contributed by atoms with E-state index in [1.165, 1.54) is 0 Å². The maximum absolute atomic E-state index is 12.7. The number of nitrogens with one attached hydrogen (secondary N) is 1. The Morgan fingerprint density at radius 2 is 1.58 bits per heavy atom. The number of nitrogens with zero attached hydrogens (tertiary/aromatic N) is 1. The van der Waals surface area contributed by atoms with E-state index >= 15 is 0 Å². The van der Waals surface area contributed by atoms with Crippen LogP contribution < -0.4 is 4.72 Å². The highest BCUT2D eigenvalue weighted by Crippen LogP contribution is 2.35. The molecule has 1 N–H and O–H groups in total. The fourth-order valence-electron chi connectivity index (χ4n) is 2.67. The molecule has 1 aromatic heterocycles. The van der Waals surface area contributed by atoms with Gasteiger partial charge in [-0.15, -0.1) is 11.3 Å². The molecule has 4 aromatic rings. The summed E-state index contributed by atoms with van der Waals surface area (Å²) in [4.78, 5) is 4.88. The number of rotatable bonds is 4. The van der Waals surface area contributed by atoms with Crippen LogP contribution in [0.15, 0.2) is 77.7 Å². The van der Waals surface area contributed by atoms with Crippen molar-refractivity contribution in [3.63, 3.8) is 0 Å². The summed E-state index contributed by atoms with van der Waals surface area (Å²) in [5.41, 5.74) is 3.21. The summed E-state index contributed by atoms with van der Waals surface area (Å²) in [7, 11) is -3.66. The van der Waals surface area contributed by atoms with Crippen molar-refractivity contribution in [1.29, 1.82) is 0 Å². The predicted molar refractivity (Wildman–Crippen MR) is 107 cm³/mol. The molecule has 4 rings (SSSR count). The van der Waals surface area contributed by atoms with Crippen molar-refractivity contribution in [1.82, 2.24) is 4.98 Å². The van der Waals surface area contributed by atoms with Crippen LogP contribution in [0.5, 0.6) is 0 Å². The van der Waals surface area contributed by atoms with Gasteiger partial charge in [0.2, 0.25) is 0 Å². The van der Waals surface area contributed by atoms with E-state index in [1.807, 2.05) is 49.4 Å². The van der Waals surface area contributed by atoms with E-state index in [1.54, 1.807) is 41.7 Å². The van der Waals surface area contributed by atoms with Gasteiger partial charge in [-0.3, -0.25) is 4.72 Å². The highest BCUT2D eigenvalue weighted by Gasteiger charge is 2.17. The van der Waals surface area contributed by atoms with Crippen molar-refractivity contribution in [3.05, 3.63) is 78.4 Å². The molecule has 0 radical (unpaired) electrons. The van der Waals surface area contributed by atoms with Gasteiger partial charge in [-0.25, -0.2) is 13.4 Å². The third-order valence-electron chi connectivity index (χ3n) is 4.03. The first kappa shape index (κ1) is 16.8. The van der Waals surface area contributed by atoms with Gasteiger partial charge in [0.05, 0.1) is 20.8 Å². The topological polar surface area (TPSA) is 59.1 Å². The second kappa shape index (κ2) is 6.55. The van der Waals surface area contributed by atoms with Crippen LogP contribution in [0.1, 0.15) is 5.56 Å². The molecule has 0 bridgehead atoms. The highest BCUT2D eigenvalue weighted by atomic mass is 32.2. The van der Waals surface area contributed by atoms with Gasteiger partial charge in [0.25, 0.3) is 10.0 Å². The summed E-state index contributed by atoms with van der Waals surface area (Å²) < 4.78 is 29.3. The lowest BCUT2D eigenvalue weighted by Crippen LogP contribution is -2.13. The molecule has 0 unspecified atom stereocenters. The Morgan fingerprint density at radius 1 is 0.885 bits per heavy atom. The van der Waals surface area contributed by atoms with Gasteiger partial charge in [0.15, 0.2) is 0 Å². The molecule has 1 heterocycles. The Hall–Kier alpha value is -2.70. The largest absolute Gasteiger partial charge is 0.279 e. The Labute approximate surface area is 156 Å². The third kappa shape index (κ3) is 3.21. The number of anilines is 1. The number of fused-ring (bicyclic) bond motifs is 1. The second-order valence-electron chi connectivity index (χ2n) is 5.95. The van der Waals surface area contributed by atoms with Gasteiger partial charge < -0.3 is 0 Å². The van der Waals surface area contributed by atoms with Gasteiger partial charge in [-0.05, 0) is 43.3 Å². The molecule has 0 spiro atoms. The van der Waals surface area contributed by atoms with Gasteiger partial charge in [0, 0.05) is 5.56 Å². The summed E-state index contributed by atoms with van der Waals surface area (Å²) >= 11 is 1.54. The van der Waals surface area contributed by atoms with E-state index in [-0.39, 0.29) is 4.90 Å². The summed E-state index contributed by atoms with van der Waals surface area (Å²) in [6.45, 7) is 1.92. The summed E-state index contributed by atoms with van der Waals surface area (Å²) in [6, 6.07) is 22.0. The number of sulfonamides is 1. The lowest BCUT2D eigenvalue weighted by Gasteiger charge is -2.11. The zero-order valence-corrected chi connectivity index (χ0v) is 15.6. The smallest absolute Gasteiger partial charge is 0.261 e. The van der Waals surface area contributed by atoms with Crippen LogP contribution in [0.25, 0.3) is 20.8 Å². The van der Waals surface area contributed by atoms with Crippen LogP contribution in [0.3, 0.4) is 0 Å². The predicted octanol–water partition coefficient (Wildman–Crippen LogP) is 5.07. The van der Waals surface area contributed by atoms with Crippen LogP contribution >= 0.6 is 11.3 Å². The molecule has 0 atom stereocenters. The zero-order valence-electron chi connectivity index (χ0n) is 14.0. The summed E-state index contributed by atoms with van der Waals surface area (Å²) in [5, 5.41) is 0.786. The molecule has 0 fully saturated rings. The van der Waals surface area contributed by atoms with E-state index < -0.39 is 10.0 Å². The minimum absolute atomic E-state index is 0.238. The van der Waals surface area contributed by atoms with E-state index in [4.69, 9.17) is 0 Å². The van der Waals surface area contributed by atoms with Gasteiger partial charge in [-0.1, -0.05) is 42.0 Å². The molecule has 4 nitrogen and oxygen atoms in total. The van der Waals surface area contributed by atoms with Crippen molar-refractivity contribution in [3.8, 4) is 10.6 Å². The monoisotopic (exact) mass is 380 g/mol. The number of hydrogen-bond donors (Lipinski definition) is 1. The molecule has 0 aliphatic rings. The van der Waals surface area contributed by atoms with Crippen LogP contribution in [0.2, 0.25) is 0 Å². The van der Waals surface area contributed by atoms with Crippen molar-refractivity contribution >= 4 is 37.3 Å². The number of para-hydroxylation sites is 2. The SMILES string of the molecule is Cc1ccc(S(=O)(=O)Nc2ccccc2-c2nc3ccccc3s2)cc1. The van der Waals surface area contributed by atoms with Crippen molar-refractivity contribution in [2.75, 3.05) is 4.72 Å². The van der Waals surface area contributed by atoms with Crippen LogP contribution in [-0.4, -0.2) is 13.4 Å². The standard InChI is InChI=1S/C20H16N2O2S2/c1-14-10-12-15(13-11-14)26(23,24)22-17-7-3-2-6-16(17)20-21-18-8-4-5-9-19(18)25-20/h2-13,22H,1H3. The molecule has 3 aromatic carbocycles. The lowest BCUT2D eigenvalue weighted by molar-refractivity contribution is 0.601. The Balaban J connectivity index is 1.75. The number of benzene rings is 3. The van der Waals surface area contributed by atoms with Crippen LogP contribution in [0.4, 0.5) is 5.69 Å². The van der Waals surface area contributed by atoms with Crippen LogP contribution in [0, 0.1) is 6.92 Å². The Bertz CT molecular complexity index is 1150. The molecule has 0 saturated heterocycles. The van der Waals surface area contributed by atoms with Gasteiger partial charge in [0.1, 0.15) is 5.01 Å². The maximum Gasteiger partial charge on any atom is 0.261 e. The van der Waals surface area contributed by atoms with E-state index in [2.05, 4.69) is 9.71 Å². The average molecular weight is 380 g/mol. The van der Waals surface area contributed by atoms with Gasteiger partial charge in [-0.2, -0.15) is 0 Å². The van der Waals surface area contributed by atoms with E-state index in [0.29, 0.717) is 5.69 Å². The quantitative estimate of drug-likeness (QED) is 0.537. The molecule has 6 heteroatoms. The zero-order chi connectivity index (χ0) is 18.1. The number of thiazole rings is 1. The molecule has 0 aliphatic carbocycles. The molecular formula is C20H16N2O2S2. The van der Waals surface area contributed by atoms with Crippen molar-refractivity contribution in [2.24, 2.45) is 0 Å². The summed E-state index contributed by atoms with van der Waals surface area (Å²) in [6.07, 6.45) is 0. The van der Waals surface area contributed by atoms with E-state index in [0.717, 1.165) is 26.4 Å². The highest BCUT2D eigenvalue weighted by molar-refractivity contribution is 7.92. The van der Waals surface area contributed by atoms with Gasteiger partial charge >= 0.3 is 0 Å². The number of aryl methyl sites for hydroxylation is 1. The molecular weight excluding hydrogens is 364 g/mol. The first-order valence-corrected chi connectivity index (χ1v) is 10.4. The number of aromatic nitrogens is 1. The lowest BCUT2D eigenvalue weighted by atomic mass is 10.2. The third-order valence-corrected chi connectivity index (χ3v) is 6.48. The Morgan fingerprint density at radius 3 is 2.35 bits per heavy atom. The minimum atomic E-state index is -3.66. The first-order chi connectivity index (χ1) is 12.5. The fraction of sp³-hybridized carbons (Fsp3) is 0.0500.